The molecule has 0 saturated heterocycles. The van der Waals surface area contributed by atoms with Gasteiger partial charge in [0.15, 0.2) is 0 Å². The smallest absolute Gasteiger partial charge is 0.338 e. The highest BCUT2D eigenvalue weighted by atomic mass is 16.5. The average Bonchev–Trinajstić information content (AvgIpc) is 2.82. The minimum atomic E-state index is -0.277. The fourth-order valence-electron chi connectivity index (χ4n) is 1.89. The predicted octanol–water partition coefficient (Wildman–Crippen LogP) is 3.17. The summed E-state index contributed by atoms with van der Waals surface area (Å²) in [6.07, 6.45) is 1.84. The van der Waals surface area contributed by atoms with Crippen LogP contribution >= 0.6 is 0 Å². The van der Waals surface area contributed by atoms with Crippen LogP contribution in [-0.4, -0.2) is 17.6 Å². The van der Waals surface area contributed by atoms with Gasteiger partial charge in [0, 0.05) is 17.5 Å². The van der Waals surface area contributed by atoms with Crippen molar-refractivity contribution in [2.24, 2.45) is 0 Å². The number of benzene rings is 1. The summed E-state index contributed by atoms with van der Waals surface area (Å²) < 4.78 is 5.07. The third-order valence-electron chi connectivity index (χ3n) is 2.64. The molecule has 0 bridgehead atoms. The van der Waals surface area contributed by atoms with Crippen molar-refractivity contribution in [3.63, 3.8) is 0 Å². The number of carbonyl (C=O) groups excluding carboxylic acids is 1. The topological polar surface area (TPSA) is 42.1 Å². The van der Waals surface area contributed by atoms with Gasteiger partial charge in [-0.05, 0) is 37.6 Å². The van der Waals surface area contributed by atoms with E-state index in [1.807, 2.05) is 44.3 Å². The molecule has 0 aliphatic rings. The van der Waals surface area contributed by atoms with Gasteiger partial charge in [0.25, 0.3) is 0 Å². The maximum absolute atomic E-state index is 11.9. The predicted molar refractivity (Wildman–Crippen MR) is 66.9 cm³/mol. The molecule has 3 nitrogen and oxygen atoms in total. The van der Waals surface area contributed by atoms with Crippen molar-refractivity contribution in [1.29, 1.82) is 0 Å². The summed E-state index contributed by atoms with van der Waals surface area (Å²) >= 11 is 0. The fraction of sp³-hybridized carbons (Fsp3) is 0.214. The summed E-state index contributed by atoms with van der Waals surface area (Å²) in [7, 11) is 0. The Morgan fingerprint density at radius 3 is 2.76 bits per heavy atom. The van der Waals surface area contributed by atoms with E-state index in [1.54, 1.807) is 6.07 Å². The highest BCUT2D eigenvalue weighted by molar-refractivity contribution is 5.97. The summed E-state index contributed by atoms with van der Waals surface area (Å²) in [5.74, 6) is -0.277. The average molecular weight is 229 g/mol. The second kappa shape index (κ2) is 4.87. The van der Waals surface area contributed by atoms with Crippen LogP contribution in [0.3, 0.4) is 0 Å². The molecule has 2 aromatic rings. The third-order valence-corrected chi connectivity index (χ3v) is 2.64. The standard InChI is InChI=1S/C14H15NO2/c1-3-17-14(16)11-7-4-6-10(2)13(11)12-8-5-9-15-12/h4-9,15H,3H2,1-2H3. The van der Waals surface area contributed by atoms with Gasteiger partial charge < -0.3 is 9.72 Å². The lowest BCUT2D eigenvalue weighted by atomic mass is 9.99. The quantitative estimate of drug-likeness (QED) is 0.821. The van der Waals surface area contributed by atoms with E-state index >= 15 is 0 Å². The summed E-state index contributed by atoms with van der Waals surface area (Å²) in [6, 6.07) is 9.51. The minimum absolute atomic E-state index is 0.277. The monoisotopic (exact) mass is 229 g/mol. The number of hydrogen-bond acceptors (Lipinski definition) is 2. The highest BCUT2D eigenvalue weighted by Crippen LogP contribution is 2.26. The molecule has 1 N–H and O–H groups in total. The number of rotatable bonds is 3. The third kappa shape index (κ3) is 2.23. The summed E-state index contributed by atoms with van der Waals surface area (Å²) in [5, 5.41) is 0. The SMILES string of the molecule is CCOC(=O)c1cccc(C)c1-c1ccc[nH]1. The maximum atomic E-state index is 11.9. The van der Waals surface area contributed by atoms with E-state index in [2.05, 4.69) is 4.98 Å². The van der Waals surface area contributed by atoms with E-state index in [1.165, 1.54) is 0 Å². The van der Waals surface area contributed by atoms with Crippen LogP contribution in [0.2, 0.25) is 0 Å². The molecular formula is C14H15NO2. The number of aromatic nitrogens is 1. The molecule has 1 aromatic carbocycles. The first-order valence-corrected chi connectivity index (χ1v) is 5.64. The normalized spacial score (nSPS) is 10.2. The van der Waals surface area contributed by atoms with Crippen LogP contribution in [0.1, 0.15) is 22.8 Å². The number of esters is 1. The lowest BCUT2D eigenvalue weighted by Gasteiger charge is -2.10. The Kier molecular flexibility index (Phi) is 3.28. The molecule has 1 heterocycles. The van der Waals surface area contributed by atoms with E-state index in [-0.39, 0.29) is 5.97 Å². The van der Waals surface area contributed by atoms with Crippen molar-refractivity contribution in [3.8, 4) is 11.3 Å². The van der Waals surface area contributed by atoms with Crippen LogP contribution < -0.4 is 0 Å². The van der Waals surface area contributed by atoms with E-state index in [0.717, 1.165) is 16.8 Å². The minimum Gasteiger partial charge on any atom is -0.462 e. The summed E-state index contributed by atoms with van der Waals surface area (Å²) in [6.45, 7) is 4.18. The molecule has 1 aromatic heterocycles. The first-order chi connectivity index (χ1) is 8.24. The van der Waals surface area contributed by atoms with Crippen LogP contribution in [0.5, 0.6) is 0 Å². The zero-order valence-electron chi connectivity index (χ0n) is 9.99. The molecule has 0 saturated carbocycles. The number of ether oxygens (including phenoxy) is 1. The molecule has 0 radical (unpaired) electrons. The van der Waals surface area contributed by atoms with Crippen molar-refractivity contribution in [1.82, 2.24) is 4.98 Å². The summed E-state index contributed by atoms with van der Waals surface area (Å²) in [4.78, 5) is 15.0. The Hall–Kier alpha value is -2.03. The lowest BCUT2D eigenvalue weighted by Crippen LogP contribution is -2.07. The molecule has 0 unspecified atom stereocenters. The first kappa shape index (κ1) is 11.5. The van der Waals surface area contributed by atoms with Crippen LogP contribution in [0.25, 0.3) is 11.3 Å². The van der Waals surface area contributed by atoms with Crippen molar-refractivity contribution >= 4 is 5.97 Å². The molecule has 3 heteroatoms. The van der Waals surface area contributed by atoms with Gasteiger partial charge in [-0.25, -0.2) is 4.79 Å². The van der Waals surface area contributed by atoms with E-state index < -0.39 is 0 Å². The molecule has 0 fully saturated rings. The molecule has 0 aliphatic heterocycles. The maximum Gasteiger partial charge on any atom is 0.338 e. The van der Waals surface area contributed by atoms with Crippen molar-refractivity contribution < 1.29 is 9.53 Å². The molecule has 88 valence electrons. The van der Waals surface area contributed by atoms with Gasteiger partial charge in [-0.1, -0.05) is 12.1 Å². The zero-order chi connectivity index (χ0) is 12.3. The molecule has 0 aliphatic carbocycles. The number of H-pyrrole nitrogens is 1. The number of aryl methyl sites for hydroxylation is 1. The number of carbonyl (C=O) groups is 1. The Bertz CT molecular complexity index is 515. The van der Waals surface area contributed by atoms with Gasteiger partial charge in [0.1, 0.15) is 0 Å². The number of aromatic amines is 1. The molecule has 17 heavy (non-hydrogen) atoms. The van der Waals surface area contributed by atoms with Gasteiger partial charge in [-0.15, -0.1) is 0 Å². The largest absolute Gasteiger partial charge is 0.462 e. The first-order valence-electron chi connectivity index (χ1n) is 5.64. The Morgan fingerprint density at radius 2 is 2.12 bits per heavy atom. The van der Waals surface area contributed by atoms with Gasteiger partial charge in [0.2, 0.25) is 0 Å². The van der Waals surface area contributed by atoms with Crippen molar-refractivity contribution in [3.05, 3.63) is 47.7 Å². The number of nitrogens with one attached hydrogen (secondary N) is 1. The second-order valence-corrected chi connectivity index (χ2v) is 3.80. The lowest BCUT2D eigenvalue weighted by molar-refractivity contribution is 0.0527. The van der Waals surface area contributed by atoms with Crippen LogP contribution in [0.4, 0.5) is 0 Å². The van der Waals surface area contributed by atoms with Crippen molar-refractivity contribution in [2.75, 3.05) is 6.61 Å². The van der Waals surface area contributed by atoms with Gasteiger partial charge in [-0.3, -0.25) is 0 Å². The second-order valence-electron chi connectivity index (χ2n) is 3.80. The summed E-state index contributed by atoms with van der Waals surface area (Å²) in [5.41, 5.74) is 3.51. The Labute approximate surface area is 100 Å². The molecular weight excluding hydrogens is 214 g/mol. The Balaban J connectivity index is 2.53. The molecule has 2 rings (SSSR count). The van der Waals surface area contributed by atoms with E-state index in [9.17, 15) is 4.79 Å². The molecule has 0 spiro atoms. The van der Waals surface area contributed by atoms with Crippen LogP contribution in [0.15, 0.2) is 36.5 Å². The van der Waals surface area contributed by atoms with E-state index in [0.29, 0.717) is 12.2 Å². The van der Waals surface area contributed by atoms with E-state index in [4.69, 9.17) is 4.74 Å². The van der Waals surface area contributed by atoms with Crippen LogP contribution in [-0.2, 0) is 4.74 Å². The van der Waals surface area contributed by atoms with Gasteiger partial charge in [0.05, 0.1) is 12.2 Å². The molecule has 0 atom stereocenters. The van der Waals surface area contributed by atoms with Gasteiger partial charge >= 0.3 is 5.97 Å². The molecule has 0 amide bonds. The van der Waals surface area contributed by atoms with Gasteiger partial charge in [-0.2, -0.15) is 0 Å². The Morgan fingerprint density at radius 1 is 1.29 bits per heavy atom. The zero-order valence-corrected chi connectivity index (χ0v) is 9.99. The fourth-order valence-corrected chi connectivity index (χ4v) is 1.89. The van der Waals surface area contributed by atoms with Crippen molar-refractivity contribution in [2.45, 2.75) is 13.8 Å². The number of hydrogen-bond donors (Lipinski definition) is 1. The van der Waals surface area contributed by atoms with Crippen LogP contribution in [0, 0.1) is 6.92 Å². The highest BCUT2D eigenvalue weighted by Gasteiger charge is 2.15.